The minimum absolute atomic E-state index is 0.134. The molecular formula is C15H14N2O3S2. The Bertz CT molecular complexity index is 996. The molecule has 3 aromatic rings. The average molecular weight is 334 g/mol. The molecule has 0 atom stereocenters. The number of aromatic nitrogens is 1. The summed E-state index contributed by atoms with van der Waals surface area (Å²) in [6.45, 7) is 3.82. The number of anilines is 1. The lowest BCUT2D eigenvalue weighted by molar-refractivity contribution is 0.601. The third-order valence-corrected chi connectivity index (χ3v) is 5.40. The average Bonchev–Trinajstić information content (AvgIpc) is 2.75. The van der Waals surface area contributed by atoms with Crippen molar-refractivity contribution >= 4 is 37.3 Å². The molecule has 1 aromatic heterocycles. The van der Waals surface area contributed by atoms with E-state index in [-0.39, 0.29) is 9.77 Å². The number of fused-ring (bicyclic) bond motifs is 1. The quantitative estimate of drug-likeness (QED) is 0.773. The summed E-state index contributed by atoms with van der Waals surface area (Å²) in [5, 5.41) is 0. The Hall–Kier alpha value is -2.12. The molecule has 0 radical (unpaired) electrons. The van der Waals surface area contributed by atoms with Gasteiger partial charge in [0.15, 0.2) is 0 Å². The van der Waals surface area contributed by atoms with E-state index in [2.05, 4.69) is 9.71 Å². The molecule has 22 heavy (non-hydrogen) atoms. The van der Waals surface area contributed by atoms with Crippen molar-refractivity contribution < 1.29 is 8.42 Å². The van der Waals surface area contributed by atoms with Crippen LogP contribution in [0.2, 0.25) is 0 Å². The van der Waals surface area contributed by atoms with Crippen LogP contribution in [0, 0.1) is 13.8 Å². The van der Waals surface area contributed by atoms with E-state index in [1.807, 2.05) is 19.9 Å². The fraction of sp³-hybridized carbons (Fsp3) is 0.133. The van der Waals surface area contributed by atoms with E-state index in [1.54, 1.807) is 18.2 Å². The van der Waals surface area contributed by atoms with Crippen LogP contribution in [0.5, 0.6) is 0 Å². The summed E-state index contributed by atoms with van der Waals surface area (Å²) in [7, 11) is -3.69. The third kappa shape index (κ3) is 2.90. The Labute approximate surface area is 131 Å². The number of hydrogen-bond donors (Lipinski definition) is 2. The molecule has 0 fully saturated rings. The molecule has 7 heteroatoms. The first-order valence-electron chi connectivity index (χ1n) is 6.57. The van der Waals surface area contributed by atoms with Crippen molar-refractivity contribution in [3.05, 3.63) is 57.2 Å². The Kier molecular flexibility index (Phi) is 3.54. The molecule has 0 bridgehead atoms. The first-order chi connectivity index (χ1) is 10.3. The molecule has 0 aliphatic rings. The molecule has 0 saturated carbocycles. The van der Waals surface area contributed by atoms with Crippen LogP contribution in [0.25, 0.3) is 10.2 Å². The molecule has 5 nitrogen and oxygen atoms in total. The largest absolute Gasteiger partial charge is 0.312 e. The molecule has 0 aliphatic carbocycles. The Morgan fingerprint density at radius 1 is 1.05 bits per heavy atom. The number of thiazole rings is 1. The van der Waals surface area contributed by atoms with Gasteiger partial charge in [-0.05, 0) is 55.3 Å². The zero-order valence-corrected chi connectivity index (χ0v) is 13.6. The standard InChI is InChI=1S/C15H14N2O3S2/c1-9-5-10(2)7-11(6-9)17-22(19,20)12-3-4-13-14(8-12)21-15(18)16-13/h3-8,17H,1-2H3,(H,16,18). The van der Waals surface area contributed by atoms with Crippen molar-refractivity contribution in [2.24, 2.45) is 0 Å². The van der Waals surface area contributed by atoms with E-state index in [1.165, 1.54) is 12.1 Å². The van der Waals surface area contributed by atoms with Crippen LogP contribution in [0.3, 0.4) is 0 Å². The highest BCUT2D eigenvalue weighted by molar-refractivity contribution is 7.92. The summed E-state index contributed by atoms with van der Waals surface area (Å²) in [6, 6.07) is 10.1. The summed E-state index contributed by atoms with van der Waals surface area (Å²) in [5.74, 6) is 0. The van der Waals surface area contributed by atoms with Crippen molar-refractivity contribution in [3.8, 4) is 0 Å². The maximum Gasteiger partial charge on any atom is 0.305 e. The van der Waals surface area contributed by atoms with Gasteiger partial charge in [0.2, 0.25) is 0 Å². The fourth-order valence-corrected chi connectivity index (χ4v) is 4.26. The number of benzene rings is 2. The van der Waals surface area contributed by atoms with E-state index in [9.17, 15) is 13.2 Å². The lowest BCUT2D eigenvalue weighted by atomic mass is 10.1. The first kappa shape index (κ1) is 14.8. The SMILES string of the molecule is Cc1cc(C)cc(NS(=O)(=O)c2ccc3[nH]c(=O)sc3c2)c1. The smallest absolute Gasteiger partial charge is 0.305 e. The van der Waals surface area contributed by atoms with Gasteiger partial charge in [0.05, 0.1) is 15.1 Å². The van der Waals surface area contributed by atoms with Crippen molar-refractivity contribution in [3.63, 3.8) is 0 Å². The number of sulfonamides is 1. The van der Waals surface area contributed by atoms with Crippen LogP contribution in [0.1, 0.15) is 11.1 Å². The first-order valence-corrected chi connectivity index (χ1v) is 8.87. The van der Waals surface area contributed by atoms with Gasteiger partial charge in [-0.3, -0.25) is 9.52 Å². The predicted octanol–water partition coefficient (Wildman–Crippen LogP) is 3.01. The number of aromatic amines is 1. The summed E-state index contributed by atoms with van der Waals surface area (Å²) in [5.41, 5.74) is 3.13. The maximum atomic E-state index is 12.5. The summed E-state index contributed by atoms with van der Waals surface area (Å²) >= 11 is 0.990. The number of aryl methyl sites for hydroxylation is 2. The minimum Gasteiger partial charge on any atom is -0.312 e. The zero-order chi connectivity index (χ0) is 15.9. The Morgan fingerprint density at radius 2 is 1.73 bits per heavy atom. The van der Waals surface area contributed by atoms with Gasteiger partial charge in [0, 0.05) is 5.69 Å². The second-order valence-electron chi connectivity index (χ2n) is 5.15. The highest BCUT2D eigenvalue weighted by Crippen LogP contribution is 2.23. The van der Waals surface area contributed by atoms with Crippen molar-refractivity contribution in [2.75, 3.05) is 4.72 Å². The topological polar surface area (TPSA) is 79.0 Å². The molecule has 3 rings (SSSR count). The molecule has 0 aliphatic heterocycles. The zero-order valence-electron chi connectivity index (χ0n) is 12.0. The molecule has 0 spiro atoms. The van der Waals surface area contributed by atoms with E-state index in [0.717, 1.165) is 22.5 Å². The fourth-order valence-electron chi connectivity index (χ4n) is 2.34. The highest BCUT2D eigenvalue weighted by atomic mass is 32.2. The highest BCUT2D eigenvalue weighted by Gasteiger charge is 2.16. The molecule has 0 saturated heterocycles. The van der Waals surface area contributed by atoms with Crippen LogP contribution in [0.4, 0.5) is 5.69 Å². The Balaban J connectivity index is 2.01. The molecule has 1 heterocycles. The van der Waals surface area contributed by atoms with Crippen LogP contribution < -0.4 is 9.60 Å². The van der Waals surface area contributed by atoms with Gasteiger partial charge in [-0.15, -0.1) is 0 Å². The minimum atomic E-state index is -3.69. The number of rotatable bonds is 3. The Morgan fingerprint density at radius 3 is 2.41 bits per heavy atom. The second kappa shape index (κ2) is 5.26. The molecule has 2 aromatic carbocycles. The van der Waals surface area contributed by atoms with Crippen LogP contribution >= 0.6 is 11.3 Å². The number of nitrogens with one attached hydrogen (secondary N) is 2. The van der Waals surface area contributed by atoms with Gasteiger partial charge in [-0.25, -0.2) is 8.42 Å². The van der Waals surface area contributed by atoms with Gasteiger partial charge in [0.25, 0.3) is 10.0 Å². The van der Waals surface area contributed by atoms with E-state index in [0.29, 0.717) is 15.9 Å². The van der Waals surface area contributed by atoms with Crippen molar-refractivity contribution in [1.29, 1.82) is 0 Å². The molecular weight excluding hydrogens is 320 g/mol. The van der Waals surface area contributed by atoms with Gasteiger partial charge in [0.1, 0.15) is 0 Å². The number of hydrogen-bond acceptors (Lipinski definition) is 4. The van der Waals surface area contributed by atoms with Crippen molar-refractivity contribution in [1.82, 2.24) is 4.98 Å². The maximum absolute atomic E-state index is 12.5. The lowest BCUT2D eigenvalue weighted by Gasteiger charge is -2.10. The summed E-state index contributed by atoms with van der Waals surface area (Å²) in [4.78, 5) is 13.9. The van der Waals surface area contributed by atoms with Crippen molar-refractivity contribution in [2.45, 2.75) is 18.7 Å². The monoisotopic (exact) mass is 334 g/mol. The summed E-state index contributed by atoms with van der Waals surface area (Å²) < 4.78 is 28.2. The van der Waals surface area contributed by atoms with Crippen LogP contribution in [-0.4, -0.2) is 13.4 Å². The molecule has 0 unspecified atom stereocenters. The van der Waals surface area contributed by atoms with Gasteiger partial charge in [-0.2, -0.15) is 0 Å². The summed E-state index contributed by atoms with van der Waals surface area (Å²) in [6.07, 6.45) is 0. The lowest BCUT2D eigenvalue weighted by Crippen LogP contribution is -2.13. The normalized spacial score (nSPS) is 11.7. The number of H-pyrrole nitrogens is 1. The third-order valence-electron chi connectivity index (χ3n) is 3.18. The molecule has 0 amide bonds. The van der Waals surface area contributed by atoms with Gasteiger partial charge in [-0.1, -0.05) is 17.4 Å². The van der Waals surface area contributed by atoms with Gasteiger partial charge < -0.3 is 4.98 Å². The van der Waals surface area contributed by atoms with E-state index in [4.69, 9.17) is 0 Å². The van der Waals surface area contributed by atoms with E-state index >= 15 is 0 Å². The van der Waals surface area contributed by atoms with Crippen LogP contribution in [-0.2, 0) is 10.0 Å². The second-order valence-corrected chi connectivity index (χ2v) is 7.85. The van der Waals surface area contributed by atoms with E-state index < -0.39 is 10.0 Å². The van der Waals surface area contributed by atoms with Gasteiger partial charge >= 0.3 is 4.87 Å². The molecule has 2 N–H and O–H groups in total. The molecule has 114 valence electrons. The van der Waals surface area contributed by atoms with Crippen LogP contribution in [0.15, 0.2) is 46.1 Å². The predicted molar refractivity (Wildman–Crippen MR) is 89.2 cm³/mol.